The summed E-state index contributed by atoms with van der Waals surface area (Å²) in [7, 11) is 0. The zero-order chi connectivity index (χ0) is 16.2. The van der Waals surface area contributed by atoms with Crippen molar-refractivity contribution in [3.8, 4) is 0 Å². The highest BCUT2D eigenvalue weighted by molar-refractivity contribution is 5.81. The van der Waals surface area contributed by atoms with E-state index in [2.05, 4.69) is 20.8 Å². The lowest BCUT2D eigenvalue weighted by molar-refractivity contribution is -0.143. The first-order chi connectivity index (χ1) is 9.65. The fourth-order valence-electron chi connectivity index (χ4n) is 2.78. The highest BCUT2D eigenvalue weighted by Gasteiger charge is 2.30. The molecule has 1 aliphatic heterocycles. The number of carbonyl (C=O) groups excluding carboxylic acids is 2. The number of nitrogens with zero attached hydrogens (tertiary/aromatic N) is 2. The maximum Gasteiger partial charge on any atom is 0.227 e. The lowest BCUT2D eigenvalue weighted by atomic mass is 9.84. The average Bonchev–Trinajstić information content (AvgIpc) is 2.42. The van der Waals surface area contributed by atoms with E-state index in [1.54, 1.807) is 0 Å². The molecule has 0 radical (unpaired) electrons. The van der Waals surface area contributed by atoms with Gasteiger partial charge in [-0.05, 0) is 11.8 Å². The van der Waals surface area contributed by atoms with Gasteiger partial charge in [-0.1, -0.05) is 34.6 Å². The van der Waals surface area contributed by atoms with Gasteiger partial charge in [0.2, 0.25) is 11.8 Å². The van der Waals surface area contributed by atoms with Gasteiger partial charge in [0.25, 0.3) is 0 Å². The molecule has 0 spiro atoms. The molecule has 5 heteroatoms. The van der Waals surface area contributed by atoms with E-state index in [1.807, 2.05) is 23.6 Å². The van der Waals surface area contributed by atoms with Crippen LogP contribution in [0.1, 0.15) is 41.0 Å². The Balaban J connectivity index is 2.56. The molecule has 0 aromatic rings. The van der Waals surface area contributed by atoms with E-state index >= 15 is 0 Å². The second-order valence-corrected chi connectivity index (χ2v) is 7.50. The molecular weight excluding hydrogens is 266 g/mol. The maximum atomic E-state index is 12.6. The van der Waals surface area contributed by atoms with Gasteiger partial charge in [-0.25, -0.2) is 0 Å². The molecule has 0 aromatic carbocycles. The van der Waals surface area contributed by atoms with Gasteiger partial charge in [0.05, 0.1) is 5.92 Å². The quantitative estimate of drug-likeness (QED) is 0.851. The summed E-state index contributed by atoms with van der Waals surface area (Å²) in [6.45, 7) is 13.1. The molecule has 0 bridgehead atoms. The van der Waals surface area contributed by atoms with E-state index in [1.165, 1.54) is 0 Å². The van der Waals surface area contributed by atoms with Crippen molar-refractivity contribution in [1.82, 2.24) is 9.80 Å². The molecule has 122 valence electrons. The number of hydrogen-bond acceptors (Lipinski definition) is 3. The number of piperazine rings is 1. The molecule has 1 atom stereocenters. The first-order valence-electron chi connectivity index (χ1n) is 7.93. The summed E-state index contributed by atoms with van der Waals surface area (Å²) >= 11 is 0. The predicted octanol–water partition coefficient (Wildman–Crippen LogP) is 1.32. The van der Waals surface area contributed by atoms with Crippen molar-refractivity contribution < 1.29 is 9.59 Å². The van der Waals surface area contributed by atoms with E-state index < -0.39 is 0 Å². The Labute approximate surface area is 128 Å². The smallest absolute Gasteiger partial charge is 0.227 e. The highest BCUT2D eigenvalue weighted by Crippen LogP contribution is 2.25. The van der Waals surface area contributed by atoms with Crippen molar-refractivity contribution in [2.24, 2.45) is 23.0 Å². The van der Waals surface area contributed by atoms with Crippen LogP contribution in [0.2, 0.25) is 0 Å². The third-order valence-electron chi connectivity index (χ3n) is 3.89. The van der Waals surface area contributed by atoms with Crippen molar-refractivity contribution >= 4 is 11.8 Å². The van der Waals surface area contributed by atoms with E-state index in [4.69, 9.17) is 5.73 Å². The number of hydrogen-bond donors (Lipinski definition) is 1. The van der Waals surface area contributed by atoms with Crippen molar-refractivity contribution in [3.63, 3.8) is 0 Å². The van der Waals surface area contributed by atoms with E-state index in [0.29, 0.717) is 32.7 Å². The predicted molar refractivity (Wildman–Crippen MR) is 84.6 cm³/mol. The largest absolute Gasteiger partial charge is 0.339 e. The molecule has 5 nitrogen and oxygen atoms in total. The Morgan fingerprint density at radius 3 is 1.76 bits per heavy atom. The normalized spacial score (nSPS) is 18.0. The van der Waals surface area contributed by atoms with Gasteiger partial charge in [-0.15, -0.1) is 0 Å². The fraction of sp³-hybridized carbons (Fsp3) is 0.875. The summed E-state index contributed by atoms with van der Waals surface area (Å²) in [6, 6.07) is 0. The SMILES string of the molecule is CC(C)C(=O)N1CCN(C(=O)C(CN)CC(C)(C)C)CC1. The Kier molecular flexibility index (Phi) is 6.20. The minimum Gasteiger partial charge on any atom is -0.339 e. The average molecular weight is 297 g/mol. The minimum atomic E-state index is -0.114. The molecule has 2 amide bonds. The summed E-state index contributed by atoms with van der Waals surface area (Å²) in [5.41, 5.74) is 5.88. The molecule has 1 unspecified atom stereocenters. The summed E-state index contributed by atoms with van der Waals surface area (Å²) in [5, 5.41) is 0. The number of nitrogens with two attached hydrogens (primary N) is 1. The summed E-state index contributed by atoms with van der Waals surface area (Å²) < 4.78 is 0. The number of amides is 2. The van der Waals surface area contributed by atoms with Gasteiger partial charge in [0, 0.05) is 38.6 Å². The lowest BCUT2D eigenvalue weighted by Crippen LogP contribution is -2.53. The summed E-state index contributed by atoms with van der Waals surface area (Å²) in [6.07, 6.45) is 0.799. The van der Waals surface area contributed by atoms with Gasteiger partial charge >= 0.3 is 0 Å². The first-order valence-corrected chi connectivity index (χ1v) is 7.93. The van der Waals surface area contributed by atoms with Crippen LogP contribution in [0.5, 0.6) is 0 Å². The Bertz CT molecular complexity index is 366. The van der Waals surface area contributed by atoms with E-state index in [0.717, 1.165) is 6.42 Å². The van der Waals surface area contributed by atoms with Crippen molar-refractivity contribution in [1.29, 1.82) is 0 Å². The number of carbonyl (C=O) groups is 2. The second-order valence-electron chi connectivity index (χ2n) is 7.50. The van der Waals surface area contributed by atoms with Gasteiger partial charge in [-0.2, -0.15) is 0 Å². The lowest BCUT2D eigenvalue weighted by Gasteiger charge is -2.37. The molecule has 1 saturated heterocycles. The van der Waals surface area contributed by atoms with Crippen molar-refractivity contribution in [3.05, 3.63) is 0 Å². The van der Waals surface area contributed by atoms with Gasteiger partial charge < -0.3 is 15.5 Å². The van der Waals surface area contributed by atoms with Crippen LogP contribution < -0.4 is 5.73 Å². The third-order valence-corrected chi connectivity index (χ3v) is 3.89. The number of rotatable bonds is 4. The molecule has 2 N–H and O–H groups in total. The van der Waals surface area contributed by atoms with Crippen LogP contribution in [-0.4, -0.2) is 54.3 Å². The van der Waals surface area contributed by atoms with Gasteiger partial charge in [-0.3, -0.25) is 9.59 Å². The molecule has 0 aromatic heterocycles. The van der Waals surface area contributed by atoms with E-state index in [-0.39, 0.29) is 29.1 Å². The standard InChI is InChI=1S/C16H31N3O2/c1-12(2)14(20)18-6-8-19(9-7-18)15(21)13(11-17)10-16(3,4)5/h12-13H,6-11,17H2,1-5H3. The van der Waals surface area contributed by atoms with E-state index in [9.17, 15) is 9.59 Å². The Hall–Kier alpha value is -1.10. The van der Waals surface area contributed by atoms with Crippen molar-refractivity contribution in [2.75, 3.05) is 32.7 Å². The fourth-order valence-corrected chi connectivity index (χ4v) is 2.78. The molecule has 1 aliphatic rings. The molecule has 0 aliphatic carbocycles. The van der Waals surface area contributed by atoms with Crippen LogP contribution in [0, 0.1) is 17.3 Å². The third kappa shape index (κ3) is 5.30. The Morgan fingerprint density at radius 1 is 1.00 bits per heavy atom. The molecule has 1 rings (SSSR count). The zero-order valence-electron chi connectivity index (χ0n) is 14.2. The minimum absolute atomic E-state index is 0.0185. The summed E-state index contributed by atoms with van der Waals surface area (Å²) in [4.78, 5) is 28.2. The topological polar surface area (TPSA) is 66.6 Å². The monoisotopic (exact) mass is 297 g/mol. The molecule has 21 heavy (non-hydrogen) atoms. The maximum absolute atomic E-state index is 12.6. The molecule has 0 saturated carbocycles. The zero-order valence-corrected chi connectivity index (χ0v) is 14.2. The Morgan fingerprint density at radius 2 is 1.43 bits per heavy atom. The highest BCUT2D eigenvalue weighted by atomic mass is 16.2. The van der Waals surface area contributed by atoms with Crippen LogP contribution in [-0.2, 0) is 9.59 Å². The molecule has 1 heterocycles. The van der Waals surface area contributed by atoms with Crippen molar-refractivity contribution in [2.45, 2.75) is 41.0 Å². The van der Waals surface area contributed by atoms with Gasteiger partial charge in [0.15, 0.2) is 0 Å². The summed E-state index contributed by atoms with van der Waals surface area (Å²) in [5.74, 6) is 0.221. The van der Waals surface area contributed by atoms with Gasteiger partial charge in [0.1, 0.15) is 0 Å². The van der Waals surface area contributed by atoms with Crippen LogP contribution in [0.15, 0.2) is 0 Å². The van der Waals surface area contributed by atoms with Crippen LogP contribution in [0.4, 0.5) is 0 Å². The van der Waals surface area contributed by atoms with Crippen LogP contribution in [0.3, 0.4) is 0 Å². The van der Waals surface area contributed by atoms with Crippen LogP contribution >= 0.6 is 0 Å². The van der Waals surface area contributed by atoms with Crippen LogP contribution in [0.25, 0.3) is 0 Å². The molecular formula is C16H31N3O2. The molecule has 1 fully saturated rings. The first kappa shape index (κ1) is 18.0. The second kappa shape index (κ2) is 7.25.